The average Bonchev–Trinajstić information content (AvgIpc) is 2.42. The molecule has 0 aromatic heterocycles. The molecule has 0 radical (unpaired) electrons. The SMILES string of the molecule is CN(CC1CNCCO1)C(=O)c1cc(Br)ccc1F. The molecule has 6 heteroatoms. The highest BCUT2D eigenvalue weighted by molar-refractivity contribution is 9.10. The summed E-state index contributed by atoms with van der Waals surface area (Å²) in [5.41, 5.74) is 0.0700. The molecule has 1 fully saturated rings. The van der Waals surface area contributed by atoms with Crippen molar-refractivity contribution >= 4 is 21.8 Å². The Balaban J connectivity index is 2.03. The van der Waals surface area contributed by atoms with Crippen molar-refractivity contribution in [2.24, 2.45) is 0 Å². The molecule has 0 bridgehead atoms. The van der Waals surface area contributed by atoms with Crippen LogP contribution in [0.5, 0.6) is 0 Å². The number of morpholine rings is 1. The van der Waals surface area contributed by atoms with E-state index in [9.17, 15) is 9.18 Å². The first-order valence-electron chi connectivity index (χ1n) is 6.11. The lowest BCUT2D eigenvalue weighted by molar-refractivity contribution is 0.0103. The molecule has 1 aromatic carbocycles. The second kappa shape index (κ2) is 6.45. The van der Waals surface area contributed by atoms with E-state index in [0.29, 0.717) is 24.2 Å². The zero-order valence-corrected chi connectivity index (χ0v) is 12.2. The van der Waals surface area contributed by atoms with E-state index < -0.39 is 5.82 Å². The molecule has 19 heavy (non-hydrogen) atoms. The molecule has 0 spiro atoms. The molecule has 1 atom stereocenters. The van der Waals surface area contributed by atoms with Crippen molar-refractivity contribution in [1.82, 2.24) is 10.2 Å². The molecule has 104 valence electrons. The van der Waals surface area contributed by atoms with Crippen LogP contribution in [0.15, 0.2) is 22.7 Å². The summed E-state index contributed by atoms with van der Waals surface area (Å²) in [5.74, 6) is -0.851. The maximum atomic E-state index is 13.6. The Morgan fingerprint density at radius 2 is 2.42 bits per heavy atom. The van der Waals surface area contributed by atoms with Gasteiger partial charge in [-0.05, 0) is 18.2 Å². The maximum absolute atomic E-state index is 13.6. The number of benzene rings is 1. The smallest absolute Gasteiger partial charge is 0.256 e. The third kappa shape index (κ3) is 3.75. The van der Waals surface area contributed by atoms with Crippen molar-refractivity contribution in [1.29, 1.82) is 0 Å². The number of ether oxygens (including phenoxy) is 1. The highest BCUT2D eigenvalue weighted by Gasteiger charge is 2.21. The first-order valence-corrected chi connectivity index (χ1v) is 6.90. The molecule has 4 nitrogen and oxygen atoms in total. The number of nitrogens with zero attached hydrogens (tertiary/aromatic N) is 1. The number of rotatable bonds is 3. The van der Waals surface area contributed by atoms with E-state index in [1.54, 1.807) is 13.1 Å². The van der Waals surface area contributed by atoms with Crippen molar-refractivity contribution in [2.75, 3.05) is 33.3 Å². The fraction of sp³-hybridized carbons (Fsp3) is 0.462. The van der Waals surface area contributed by atoms with E-state index in [2.05, 4.69) is 21.2 Å². The minimum atomic E-state index is -0.511. The standard InChI is InChI=1S/C13H16BrFN2O2/c1-17(8-10-7-16-4-5-19-10)13(18)11-6-9(14)2-3-12(11)15/h2-3,6,10,16H,4-5,7-8H2,1H3. The first kappa shape index (κ1) is 14.4. The van der Waals surface area contributed by atoms with Gasteiger partial charge in [0.25, 0.3) is 5.91 Å². The molecule has 1 amide bonds. The number of carbonyl (C=O) groups is 1. The molecule has 1 heterocycles. The molecular weight excluding hydrogens is 315 g/mol. The van der Waals surface area contributed by atoms with Crippen LogP contribution in [0, 0.1) is 5.82 Å². The van der Waals surface area contributed by atoms with Gasteiger partial charge in [-0.2, -0.15) is 0 Å². The molecule has 1 N–H and O–H groups in total. The Kier molecular flexibility index (Phi) is 4.90. The summed E-state index contributed by atoms with van der Waals surface area (Å²) in [7, 11) is 1.65. The van der Waals surface area contributed by atoms with Crippen LogP contribution < -0.4 is 5.32 Å². The van der Waals surface area contributed by atoms with Crippen molar-refractivity contribution < 1.29 is 13.9 Å². The predicted octanol–water partition coefficient (Wildman–Crippen LogP) is 1.65. The summed E-state index contributed by atoms with van der Waals surface area (Å²) < 4.78 is 19.9. The van der Waals surface area contributed by atoms with Crippen molar-refractivity contribution in [3.63, 3.8) is 0 Å². The lowest BCUT2D eigenvalue weighted by atomic mass is 10.2. The Labute approximate surface area is 120 Å². The van der Waals surface area contributed by atoms with Gasteiger partial charge in [-0.15, -0.1) is 0 Å². The van der Waals surface area contributed by atoms with Crippen LogP contribution in [0.1, 0.15) is 10.4 Å². The molecule has 1 aliphatic rings. The monoisotopic (exact) mass is 330 g/mol. The van der Waals surface area contributed by atoms with Crippen molar-refractivity contribution in [2.45, 2.75) is 6.10 Å². The average molecular weight is 331 g/mol. The van der Waals surface area contributed by atoms with Crippen LogP contribution in [0.2, 0.25) is 0 Å². The summed E-state index contributed by atoms with van der Waals surface area (Å²) in [4.78, 5) is 13.7. The Morgan fingerprint density at radius 1 is 1.63 bits per heavy atom. The van der Waals surface area contributed by atoms with Crippen LogP contribution in [-0.2, 0) is 4.74 Å². The molecule has 1 unspecified atom stereocenters. The van der Waals surface area contributed by atoms with Gasteiger partial charge in [-0.3, -0.25) is 4.79 Å². The Hall–Kier alpha value is -0.980. The van der Waals surface area contributed by atoms with Gasteiger partial charge in [0, 0.05) is 31.2 Å². The van der Waals surface area contributed by atoms with E-state index in [4.69, 9.17) is 4.74 Å². The van der Waals surface area contributed by atoms with Crippen molar-refractivity contribution in [3.8, 4) is 0 Å². The molecule has 1 aromatic rings. The topological polar surface area (TPSA) is 41.6 Å². The summed E-state index contributed by atoms with van der Waals surface area (Å²) in [5, 5.41) is 3.19. The van der Waals surface area contributed by atoms with E-state index in [-0.39, 0.29) is 17.6 Å². The lowest BCUT2D eigenvalue weighted by Crippen LogP contribution is -2.45. The fourth-order valence-electron chi connectivity index (χ4n) is 1.99. The molecular formula is C13H16BrFN2O2. The van der Waals surface area contributed by atoms with E-state index in [0.717, 1.165) is 6.54 Å². The normalized spacial score (nSPS) is 19.2. The number of hydrogen-bond acceptors (Lipinski definition) is 3. The Morgan fingerprint density at radius 3 is 3.11 bits per heavy atom. The zero-order valence-electron chi connectivity index (χ0n) is 10.7. The van der Waals surface area contributed by atoms with Gasteiger partial charge in [0.15, 0.2) is 0 Å². The minimum Gasteiger partial charge on any atom is -0.374 e. The second-order valence-electron chi connectivity index (χ2n) is 4.51. The number of carbonyl (C=O) groups excluding carboxylic acids is 1. The fourth-order valence-corrected chi connectivity index (χ4v) is 2.35. The maximum Gasteiger partial charge on any atom is 0.256 e. The van der Waals surface area contributed by atoms with Crippen LogP contribution in [0.4, 0.5) is 4.39 Å². The van der Waals surface area contributed by atoms with Gasteiger partial charge in [0.1, 0.15) is 5.82 Å². The van der Waals surface area contributed by atoms with Gasteiger partial charge >= 0.3 is 0 Å². The number of nitrogens with one attached hydrogen (secondary N) is 1. The summed E-state index contributed by atoms with van der Waals surface area (Å²) in [6.07, 6.45) is -0.0436. The van der Waals surface area contributed by atoms with E-state index in [1.165, 1.54) is 17.0 Å². The number of hydrogen-bond donors (Lipinski definition) is 1. The largest absolute Gasteiger partial charge is 0.374 e. The summed E-state index contributed by atoms with van der Waals surface area (Å²) >= 11 is 3.24. The molecule has 0 aliphatic carbocycles. The number of likely N-dealkylation sites (N-methyl/N-ethyl adjacent to an activating group) is 1. The van der Waals surface area contributed by atoms with Crippen LogP contribution in [0.3, 0.4) is 0 Å². The highest BCUT2D eigenvalue weighted by Crippen LogP contribution is 2.17. The third-order valence-electron chi connectivity index (χ3n) is 2.99. The number of halogens is 2. The molecule has 0 saturated carbocycles. The van der Waals surface area contributed by atoms with Gasteiger partial charge in [0.2, 0.25) is 0 Å². The summed E-state index contributed by atoms with van der Waals surface area (Å²) in [6, 6.07) is 4.35. The van der Waals surface area contributed by atoms with Gasteiger partial charge in [-0.25, -0.2) is 4.39 Å². The third-order valence-corrected chi connectivity index (χ3v) is 3.48. The number of amides is 1. The first-order chi connectivity index (χ1) is 9.08. The quantitative estimate of drug-likeness (QED) is 0.916. The second-order valence-corrected chi connectivity index (χ2v) is 5.42. The van der Waals surface area contributed by atoms with Gasteiger partial charge < -0.3 is 15.0 Å². The molecule has 2 rings (SSSR count). The molecule has 1 saturated heterocycles. The molecule has 1 aliphatic heterocycles. The van der Waals surface area contributed by atoms with Crippen LogP contribution in [0.25, 0.3) is 0 Å². The van der Waals surface area contributed by atoms with Crippen molar-refractivity contribution in [3.05, 3.63) is 34.1 Å². The lowest BCUT2D eigenvalue weighted by Gasteiger charge is -2.28. The van der Waals surface area contributed by atoms with E-state index >= 15 is 0 Å². The highest BCUT2D eigenvalue weighted by atomic mass is 79.9. The van der Waals surface area contributed by atoms with Gasteiger partial charge in [0.05, 0.1) is 18.3 Å². The van der Waals surface area contributed by atoms with Crippen LogP contribution in [-0.4, -0.2) is 50.2 Å². The van der Waals surface area contributed by atoms with Gasteiger partial charge in [-0.1, -0.05) is 15.9 Å². The van der Waals surface area contributed by atoms with Crippen LogP contribution >= 0.6 is 15.9 Å². The minimum absolute atomic E-state index is 0.0436. The predicted molar refractivity (Wildman–Crippen MR) is 73.7 cm³/mol. The Bertz CT molecular complexity index is 464. The zero-order chi connectivity index (χ0) is 13.8. The summed E-state index contributed by atoms with van der Waals surface area (Å²) in [6.45, 7) is 2.61. The van der Waals surface area contributed by atoms with E-state index in [1.807, 2.05) is 0 Å².